The van der Waals surface area contributed by atoms with Crippen molar-refractivity contribution in [1.29, 1.82) is 0 Å². The number of hydrogen-bond donors (Lipinski definition) is 2. The minimum Gasteiger partial charge on any atom is -0.493 e. The number of rotatable bonds is 7. The Balaban J connectivity index is 1.74. The van der Waals surface area contributed by atoms with Crippen molar-refractivity contribution in [1.82, 2.24) is 4.90 Å². The van der Waals surface area contributed by atoms with Gasteiger partial charge in [-0.1, -0.05) is 12.1 Å². The zero-order valence-electron chi connectivity index (χ0n) is 16.0. The monoisotopic (exact) mass is 369 g/mol. The van der Waals surface area contributed by atoms with E-state index in [4.69, 9.17) is 15.2 Å². The standard InChI is InChI=1S/C21H27N3O3/c1-3-27-19-13-15(9-10-18(19)26-2)14-23-17-8-6-7-16(20(17)22)21(25)24-11-4-5-12-24/h6-10,13,23H,3-5,11-12,14,22H2,1-2H3. The number of likely N-dealkylation sites (tertiary alicyclic amines) is 1. The van der Waals surface area contributed by atoms with Crippen molar-refractivity contribution in [3.63, 3.8) is 0 Å². The highest BCUT2D eigenvalue weighted by atomic mass is 16.5. The van der Waals surface area contributed by atoms with Gasteiger partial charge >= 0.3 is 0 Å². The summed E-state index contributed by atoms with van der Waals surface area (Å²) >= 11 is 0. The molecule has 1 aliphatic rings. The van der Waals surface area contributed by atoms with E-state index >= 15 is 0 Å². The molecule has 2 aromatic carbocycles. The number of para-hydroxylation sites is 1. The van der Waals surface area contributed by atoms with Crippen LogP contribution in [0, 0.1) is 0 Å². The van der Waals surface area contributed by atoms with Gasteiger partial charge in [0.25, 0.3) is 5.91 Å². The summed E-state index contributed by atoms with van der Waals surface area (Å²) in [6.07, 6.45) is 2.12. The number of benzene rings is 2. The Kier molecular flexibility index (Phi) is 6.06. The maximum Gasteiger partial charge on any atom is 0.256 e. The minimum atomic E-state index is 0.0109. The number of carbonyl (C=O) groups excluding carboxylic acids is 1. The third-order valence-corrected chi connectivity index (χ3v) is 4.74. The molecule has 3 N–H and O–H groups in total. The highest BCUT2D eigenvalue weighted by molar-refractivity contribution is 6.01. The second-order valence-electron chi connectivity index (χ2n) is 6.54. The number of methoxy groups -OCH3 is 1. The molecule has 0 atom stereocenters. The summed E-state index contributed by atoms with van der Waals surface area (Å²) in [5.74, 6) is 1.43. The van der Waals surface area contributed by atoms with Crippen LogP contribution < -0.4 is 20.5 Å². The van der Waals surface area contributed by atoms with Gasteiger partial charge in [0.2, 0.25) is 0 Å². The third-order valence-electron chi connectivity index (χ3n) is 4.74. The molecular formula is C21H27N3O3. The summed E-state index contributed by atoms with van der Waals surface area (Å²) in [6.45, 7) is 4.69. The maximum atomic E-state index is 12.7. The smallest absolute Gasteiger partial charge is 0.256 e. The second-order valence-corrected chi connectivity index (χ2v) is 6.54. The van der Waals surface area contributed by atoms with Crippen LogP contribution >= 0.6 is 0 Å². The fourth-order valence-electron chi connectivity index (χ4n) is 3.29. The summed E-state index contributed by atoms with van der Waals surface area (Å²) in [5.41, 5.74) is 9.13. The zero-order valence-corrected chi connectivity index (χ0v) is 16.0. The molecule has 0 saturated carbocycles. The van der Waals surface area contributed by atoms with Crippen molar-refractivity contribution in [2.45, 2.75) is 26.3 Å². The predicted octanol–water partition coefficient (Wildman–Crippen LogP) is 3.52. The number of nitrogens with zero attached hydrogens (tertiary/aromatic N) is 1. The first kappa shape index (κ1) is 18.9. The Morgan fingerprint density at radius 3 is 2.67 bits per heavy atom. The molecule has 1 amide bonds. The molecule has 6 nitrogen and oxygen atoms in total. The number of amides is 1. The van der Waals surface area contributed by atoms with Crippen LogP contribution in [0.2, 0.25) is 0 Å². The first-order valence-electron chi connectivity index (χ1n) is 9.35. The molecule has 27 heavy (non-hydrogen) atoms. The van der Waals surface area contributed by atoms with Crippen LogP contribution in [-0.2, 0) is 6.54 Å². The van der Waals surface area contributed by atoms with Gasteiger partial charge in [-0.05, 0) is 49.6 Å². The number of anilines is 2. The number of hydrogen-bond acceptors (Lipinski definition) is 5. The summed E-state index contributed by atoms with van der Waals surface area (Å²) in [4.78, 5) is 14.5. The van der Waals surface area contributed by atoms with Crippen molar-refractivity contribution >= 4 is 17.3 Å². The lowest BCUT2D eigenvalue weighted by Crippen LogP contribution is -2.28. The van der Waals surface area contributed by atoms with Gasteiger partial charge in [-0.25, -0.2) is 0 Å². The lowest BCUT2D eigenvalue weighted by molar-refractivity contribution is 0.0794. The third kappa shape index (κ3) is 4.27. The molecule has 0 bridgehead atoms. The minimum absolute atomic E-state index is 0.0109. The van der Waals surface area contributed by atoms with Gasteiger partial charge in [-0.15, -0.1) is 0 Å². The Morgan fingerprint density at radius 1 is 1.19 bits per heavy atom. The van der Waals surface area contributed by atoms with E-state index in [-0.39, 0.29) is 5.91 Å². The van der Waals surface area contributed by atoms with Crippen molar-refractivity contribution in [2.75, 3.05) is 37.9 Å². The molecule has 0 aliphatic carbocycles. The molecule has 1 fully saturated rings. The molecular weight excluding hydrogens is 342 g/mol. The molecule has 1 aliphatic heterocycles. The van der Waals surface area contributed by atoms with Crippen LogP contribution in [0.4, 0.5) is 11.4 Å². The SMILES string of the molecule is CCOc1cc(CNc2cccc(C(=O)N3CCCC3)c2N)ccc1OC. The molecule has 2 aromatic rings. The fraction of sp³-hybridized carbons (Fsp3) is 0.381. The molecule has 3 rings (SSSR count). The van der Waals surface area contributed by atoms with E-state index < -0.39 is 0 Å². The second kappa shape index (κ2) is 8.66. The van der Waals surface area contributed by atoms with Crippen LogP contribution in [0.25, 0.3) is 0 Å². The van der Waals surface area contributed by atoms with Crippen molar-refractivity contribution in [3.05, 3.63) is 47.5 Å². The molecule has 144 valence electrons. The van der Waals surface area contributed by atoms with Gasteiger partial charge in [0, 0.05) is 19.6 Å². The Labute approximate surface area is 160 Å². The van der Waals surface area contributed by atoms with Gasteiger partial charge in [-0.3, -0.25) is 4.79 Å². The van der Waals surface area contributed by atoms with Crippen molar-refractivity contribution < 1.29 is 14.3 Å². The van der Waals surface area contributed by atoms with Crippen molar-refractivity contribution in [2.24, 2.45) is 0 Å². The van der Waals surface area contributed by atoms with Crippen LogP contribution in [0.3, 0.4) is 0 Å². The van der Waals surface area contributed by atoms with E-state index in [1.54, 1.807) is 13.2 Å². The summed E-state index contributed by atoms with van der Waals surface area (Å²) in [7, 11) is 1.62. The maximum absolute atomic E-state index is 12.7. The normalized spacial score (nSPS) is 13.5. The predicted molar refractivity (Wildman–Crippen MR) is 107 cm³/mol. The average molecular weight is 369 g/mol. The van der Waals surface area contributed by atoms with Gasteiger partial charge < -0.3 is 25.4 Å². The highest BCUT2D eigenvalue weighted by Gasteiger charge is 2.22. The number of ether oxygens (including phenoxy) is 2. The summed E-state index contributed by atoms with van der Waals surface area (Å²) in [6, 6.07) is 11.4. The Hall–Kier alpha value is -2.89. The zero-order chi connectivity index (χ0) is 19.2. The summed E-state index contributed by atoms with van der Waals surface area (Å²) < 4.78 is 10.9. The topological polar surface area (TPSA) is 76.8 Å². The summed E-state index contributed by atoms with van der Waals surface area (Å²) in [5, 5.41) is 3.33. The lowest BCUT2D eigenvalue weighted by atomic mass is 10.1. The molecule has 0 spiro atoms. The average Bonchev–Trinajstić information content (AvgIpc) is 3.22. The molecule has 1 heterocycles. The Bertz CT molecular complexity index is 801. The Morgan fingerprint density at radius 2 is 1.96 bits per heavy atom. The molecule has 1 saturated heterocycles. The van der Waals surface area contributed by atoms with Gasteiger partial charge in [0.05, 0.1) is 30.7 Å². The van der Waals surface area contributed by atoms with Gasteiger partial charge in [0.1, 0.15) is 0 Å². The largest absolute Gasteiger partial charge is 0.493 e. The number of nitrogen functional groups attached to an aromatic ring is 1. The number of nitrogens with one attached hydrogen (secondary N) is 1. The van der Waals surface area contributed by atoms with E-state index in [2.05, 4.69) is 5.32 Å². The van der Waals surface area contributed by atoms with Crippen molar-refractivity contribution in [3.8, 4) is 11.5 Å². The van der Waals surface area contributed by atoms with E-state index in [1.165, 1.54) is 0 Å². The fourth-order valence-corrected chi connectivity index (χ4v) is 3.29. The first-order valence-corrected chi connectivity index (χ1v) is 9.35. The van der Waals surface area contributed by atoms with Crippen LogP contribution in [-0.4, -0.2) is 37.6 Å². The lowest BCUT2D eigenvalue weighted by Gasteiger charge is -2.18. The quantitative estimate of drug-likeness (QED) is 0.730. The number of nitrogens with two attached hydrogens (primary N) is 1. The molecule has 0 radical (unpaired) electrons. The van der Waals surface area contributed by atoms with Crippen LogP contribution in [0.5, 0.6) is 11.5 Å². The van der Waals surface area contributed by atoms with E-state index in [1.807, 2.05) is 42.2 Å². The van der Waals surface area contributed by atoms with Crippen LogP contribution in [0.15, 0.2) is 36.4 Å². The molecule has 6 heteroatoms. The molecule has 0 aromatic heterocycles. The van der Waals surface area contributed by atoms with E-state index in [0.717, 1.165) is 37.2 Å². The molecule has 0 unspecified atom stereocenters. The van der Waals surface area contributed by atoms with Gasteiger partial charge in [-0.2, -0.15) is 0 Å². The van der Waals surface area contributed by atoms with Gasteiger partial charge in [0.15, 0.2) is 11.5 Å². The van der Waals surface area contributed by atoms with Crippen LogP contribution in [0.1, 0.15) is 35.7 Å². The van der Waals surface area contributed by atoms with E-state index in [9.17, 15) is 4.79 Å². The number of carbonyl (C=O) groups is 1. The van der Waals surface area contributed by atoms with E-state index in [0.29, 0.717) is 35.9 Å². The highest BCUT2D eigenvalue weighted by Crippen LogP contribution is 2.29. The first-order chi connectivity index (χ1) is 13.1.